The fourth-order valence-corrected chi connectivity index (χ4v) is 6.31. The standard InChI is InChI=1S/C26H25ClN4O6S/c1-35-23-8-5-17(13-29-23)16-3-2-4-19(11-16)37-15-20-14-31(9-10-36-20)38(33,34)25-21-12-18(27)6-7-22(21)30-24(25)26(28)32/h2-8,11-13,20,30H,9-10,14-15H2,1H3,(H2,28,32). The van der Waals surface area contributed by atoms with E-state index in [1.165, 1.54) is 10.4 Å². The second-order valence-corrected chi connectivity index (χ2v) is 11.0. The molecule has 1 amide bonds. The van der Waals surface area contributed by atoms with Crippen molar-refractivity contribution in [2.75, 3.05) is 33.4 Å². The number of pyridine rings is 1. The summed E-state index contributed by atoms with van der Waals surface area (Å²) >= 11 is 6.12. The van der Waals surface area contributed by atoms with Crippen LogP contribution in [-0.2, 0) is 14.8 Å². The summed E-state index contributed by atoms with van der Waals surface area (Å²) in [6.45, 7) is 0.443. The van der Waals surface area contributed by atoms with Crippen molar-refractivity contribution in [2.45, 2.75) is 11.0 Å². The van der Waals surface area contributed by atoms with Crippen LogP contribution in [0.5, 0.6) is 11.6 Å². The third-order valence-corrected chi connectivity index (χ3v) is 8.39. The van der Waals surface area contributed by atoms with Crippen molar-refractivity contribution in [1.29, 1.82) is 0 Å². The maximum atomic E-state index is 13.7. The number of methoxy groups -OCH3 is 1. The Labute approximate surface area is 224 Å². The Hall–Kier alpha value is -3.64. The molecule has 0 radical (unpaired) electrons. The molecule has 12 heteroatoms. The lowest BCUT2D eigenvalue weighted by atomic mass is 10.1. The smallest absolute Gasteiger partial charge is 0.266 e. The van der Waals surface area contributed by atoms with E-state index in [1.807, 2.05) is 30.3 Å². The average molecular weight is 557 g/mol. The number of carbonyl (C=O) groups is 1. The molecule has 0 bridgehead atoms. The van der Waals surface area contributed by atoms with Gasteiger partial charge in [-0.2, -0.15) is 4.31 Å². The second kappa shape index (κ2) is 10.6. The number of nitrogens with zero attached hydrogens (tertiary/aromatic N) is 2. The van der Waals surface area contributed by atoms with Crippen LogP contribution in [0.4, 0.5) is 0 Å². The Balaban J connectivity index is 1.33. The Bertz CT molecular complexity index is 1590. The first-order chi connectivity index (χ1) is 18.3. The molecule has 3 N–H and O–H groups in total. The number of benzene rings is 2. The topological polar surface area (TPSA) is 137 Å². The first kappa shape index (κ1) is 26.0. The van der Waals surface area contributed by atoms with Gasteiger partial charge in [-0.15, -0.1) is 0 Å². The molecule has 1 unspecified atom stereocenters. The molecule has 1 atom stereocenters. The van der Waals surface area contributed by atoms with Gasteiger partial charge in [-0.05, 0) is 42.0 Å². The second-order valence-electron chi connectivity index (χ2n) is 8.67. The third-order valence-electron chi connectivity index (χ3n) is 6.21. The van der Waals surface area contributed by atoms with Crippen molar-refractivity contribution < 1.29 is 27.4 Å². The summed E-state index contributed by atoms with van der Waals surface area (Å²) in [6.07, 6.45) is 1.18. The molecule has 2 aromatic heterocycles. The van der Waals surface area contributed by atoms with E-state index >= 15 is 0 Å². The first-order valence-corrected chi connectivity index (χ1v) is 13.5. The Morgan fingerprint density at radius 2 is 2.05 bits per heavy atom. The van der Waals surface area contributed by atoms with Crippen LogP contribution in [0, 0.1) is 0 Å². The highest BCUT2D eigenvalue weighted by molar-refractivity contribution is 7.89. The summed E-state index contributed by atoms with van der Waals surface area (Å²) in [5, 5.41) is 0.639. The maximum absolute atomic E-state index is 13.7. The van der Waals surface area contributed by atoms with Crippen molar-refractivity contribution >= 4 is 38.4 Å². The number of sulfonamides is 1. The van der Waals surface area contributed by atoms with Crippen LogP contribution in [-0.4, -0.2) is 68.1 Å². The Morgan fingerprint density at radius 1 is 1.21 bits per heavy atom. The molecule has 198 valence electrons. The molecule has 0 saturated carbocycles. The van der Waals surface area contributed by atoms with Crippen LogP contribution in [0.3, 0.4) is 0 Å². The third kappa shape index (κ3) is 5.18. The minimum atomic E-state index is -4.11. The van der Waals surface area contributed by atoms with E-state index in [-0.39, 0.29) is 36.9 Å². The number of ether oxygens (including phenoxy) is 3. The molecule has 3 heterocycles. The SMILES string of the molecule is COc1ccc(-c2cccc(OCC3CN(S(=O)(=O)c4c(C(N)=O)[nH]c5ccc(Cl)cc45)CCO3)c2)cn1. The molecule has 1 saturated heterocycles. The minimum absolute atomic E-state index is 0.0376. The summed E-state index contributed by atoms with van der Waals surface area (Å²) in [7, 11) is -2.55. The quantitative estimate of drug-likeness (QED) is 0.339. The molecule has 38 heavy (non-hydrogen) atoms. The zero-order valence-electron chi connectivity index (χ0n) is 20.4. The van der Waals surface area contributed by atoms with Gasteiger partial charge in [0.15, 0.2) is 0 Å². The number of primary amides is 1. The van der Waals surface area contributed by atoms with Gasteiger partial charge in [0, 0.05) is 46.8 Å². The summed E-state index contributed by atoms with van der Waals surface area (Å²) in [6, 6.07) is 15.9. The molecular weight excluding hydrogens is 532 g/mol. The van der Waals surface area contributed by atoms with Gasteiger partial charge in [0.2, 0.25) is 15.9 Å². The Kier molecular flexibility index (Phi) is 7.26. The number of H-pyrrole nitrogens is 1. The zero-order valence-corrected chi connectivity index (χ0v) is 22.0. The lowest BCUT2D eigenvalue weighted by molar-refractivity contribution is -0.0249. The molecule has 5 rings (SSSR count). The van der Waals surface area contributed by atoms with Crippen LogP contribution < -0.4 is 15.2 Å². The zero-order chi connectivity index (χ0) is 26.9. The number of aromatic amines is 1. The number of hydrogen-bond donors (Lipinski definition) is 2. The number of halogens is 1. The van der Waals surface area contributed by atoms with Gasteiger partial charge in [0.25, 0.3) is 5.91 Å². The van der Waals surface area contributed by atoms with Crippen molar-refractivity contribution in [2.24, 2.45) is 5.73 Å². The number of fused-ring (bicyclic) bond motifs is 1. The number of rotatable bonds is 8. The largest absolute Gasteiger partial charge is 0.491 e. The maximum Gasteiger partial charge on any atom is 0.266 e. The highest BCUT2D eigenvalue weighted by Gasteiger charge is 2.36. The van der Waals surface area contributed by atoms with Gasteiger partial charge in [-0.1, -0.05) is 23.7 Å². The van der Waals surface area contributed by atoms with Gasteiger partial charge in [0.1, 0.15) is 29.0 Å². The molecule has 0 spiro atoms. The monoisotopic (exact) mass is 556 g/mol. The molecule has 1 fully saturated rings. The molecular formula is C26H25ClN4O6S. The highest BCUT2D eigenvalue weighted by atomic mass is 35.5. The van der Waals surface area contributed by atoms with E-state index in [4.69, 9.17) is 31.5 Å². The first-order valence-electron chi connectivity index (χ1n) is 11.7. The normalized spacial score (nSPS) is 16.4. The van der Waals surface area contributed by atoms with Crippen molar-refractivity contribution in [3.63, 3.8) is 0 Å². The summed E-state index contributed by atoms with van der Waals surface area (Å²) in [4.78, 5) is 19.0. The summed E-state index contributed by atoms with van der Waals surface area (Å²) in [5.41, 5.74) is 7.57. The number of hydrogen-bond acceptors (Lipinski definition) is 7. The molecule has 4 aromatic rings. The van der Waals surface area contributed by atoms with Crippen LogP contribution in [0.25, 0.3) is 22.0 Å². The minimum Gasteiger partial charge on any atom is -0.491 e. The van der Waals surface area contributed by atoms with Crippen LogP contribution in [0.2, 0.25) is 5.02 Å². The van der Waals surface area contributed by atoms with Gasteiger partial charge in [-0.3, -0.25) is 4.79 Å². The molecule has 0 aliphatic carbocycles. The molecule has 1 aliphatic rings. The van der Waals surface area contributed by atoms with Gasteiger partial charge in [-0.25, -0.2) is 13.4 Å². The van der Waals surface area contributed by atoms with E-state index in [2.05, 4.69) is 9.97 Å². The number of carbonyl (C=O) groups excluding carboxylic acids is 1. The van der Waals surface area contributed by atoms with Gasteiger partial charge < -0.3 is 24.9 Å². The molecule has 1 aliphatic heterocycles. The van der Waals surface area contributed by atoms with Crippen LogP contribution in [0.15, 0.2) is 65.7 Å². The summed E-state index contributed by atoms with van der Waals surface area (Å²) in [5.74, 6) is 0.244. The van der Waals surface area contributed by atoms with E-state index in [1.54, 1.807) is 31.5 Å². The van der Waals surface area contributed by atoms with Gasteiger partial charge >= 0.3 is 0 Å². The number of aromatic nitrogens is 2. The predicted molar refractivity (Wildman–Crippen MR) is 142 cm³/mol. The number of nitrogens with two attached hydrogens (primary N) is 1. The molecule has 2 aromatic carbocycles. The number of nitrogens with one attached hydrogen (secondary N) is 1. The van der Waals surface area contributed by atoms with E-state index in [0.29, 0.717) is 27.6 Å². The predicted octanol–water partition coefficient (Wildman–Crippen LogP) is 3.46. The van der Waals surface area contributed by atoms with E-state index < -0.39 is 22.0 Å². The fourth-order valence-electron chi connectivity index (χ4n) is 4.35. The van der Waals surface area contributed by atoms with Crippen LogP contribution in [0.1, 0.15) is 10.5 Å². The van der Waals surface area contributed by atoms with E-state index in [9.17, 15) is 13.2 Å². The fraction of sp³-hybridized carbons (Fsp3) is 0.231. The van der Waals surface area contributed by atoms with Crippen LogP contribution >= 0.6 is 11.6 Å². The van der Waals surface area contributed by atoms with Crippen molar-refractivity contribution in [3.8, 4) is 22.8 Å². The number of amides is 1. The number of morpholine rings is 1. The highest BCUT2D eigenvalue weighted by Crippen LogP contribution is 2.32. The molecule has 10 nitrogen and oxygen atoms in total. The average Bonchev–Trinajstić information content (AvgIpc) is 3.32. The van der Waals surface area contributed by atoms with Crippen molar-refractivity contribution in [3.05, 3.63) is 71.5 Å². The lowest BCUT2D eigenvalue weighted by Crippen LogP contribution is -2.47. The summed E-state index contributed by atoms with van der Waals surface area (Å²) < 4.78 is 45.6. The van der Waals surface area contributed by atoms with Crippen molar-refractivity contribution in [1.82, 2.24) is 14.3 Å². The lowest BCUT2D eigenvalue weighted by Gasteiger charge is -2.32. The van der Waals surface area contributed by atoms with Gasteiger partial charge in [0.05, 0.1) is 13.7 Å². The Morgan fingerprint density at radius 3 is 2.79 bits per heavy atom. The van der Waals surface area contributed by atoms with E-state index in [0.717, 1.165) is 11.1 Å².